The zero-order valence-corrected chi connectivity index (χ0v) is 13.1. The highest BCUT2D eigenvalue weighted by Crippen LogP contribution is 2.26. The van der Waals surface area contributed by atoms with Crippen molar-refractivity contribution < 1.29 is 8.42 Å². The number of hydrogen-bond donors (Lipinski definition) is 1. The molecule has 0 radical (unpaired) electrons. The zero-order valence-electron chi connectivity index (χ0n) is 9.98. The molecule has 0 aromatic heterocycles. The van der Waals surface area contributed by atoms with Gasteiger partial charge in [0.15, 0.2) is 0 Å². The van der Waals surface area contributed by atoms with E-state index in [1.807, 2.05) is 0 Å². The van der Waals surface area contributed by atoms with Crippen LogP contribution >= 0.6 is 35.6 Å². The molecule has 0 bridgehead atoms. The molecule has 1 aromatic carbocycles. The lowest BCUT2D eigenvalue weighted by Gasteiger charge is -2.17. The maximum Gasteiger partial charge on any atom is 0.244 e. The van der Waals surface area contributed by atoms with E-state index in [2.05, 4.69) is 5.32 Å². The summed E-state index contributed by atoms with van der Waals surface area (Å²) in [5, 5.41) is 3.40. The average Bonchev–Trinajstić information content (AvgIpc) is 2.28. The molecule has 0 spiro atoms. The predicted octanol–water partition coefficient (Wildman–Crippen LogP) is 2.26. The number of likely N-dealkylation sites (N-methyl/N-ethyl adjacent to an activating group) is 2. The Morgan fingerprint density at radius 2 is 1.94 bits per heavy atom. The number of hydrogen-bond acceptors (Lipinski definition) is 3. The Kier molecular flexibility index (Phi) is 7.51. The highest BCUT2D eigenvalue weighted by molar-refractivity contribution is 7.89. The van der Waals surface area contributed by atoms with Crippen LogP contribution in [0, 0.1) is 0 Å². The minimum absolute atomic E-state index is 0. The number of nitrogens with zero attached hydrogens (tertiary/aromatic N) is 1. The first-order valence-corrected chi connectivity index (χ1v) is 7.15. The number of nitrogens with one attached hydrogen (secondary N) is 1. The van der Waals surface area contributed by atoms with Gasteiger partial charge in [-0.05, 0) is 25.2 Å². The van der Waals surface area contributed by atoms with Crippen molar-refractivity contribution in [3.63, 3.8) is 0 Å². The Hall–Kier alpha value is -0.0400. The van der Waals surface area contributed by atoms with Crippen LogP contribution in [0.25, 0.3) is 0 Å². The van der Waals surface area contributed by atoms with Crippen molar-refractivity contribution >= 4 is 45.6 Å². The molecule has 0 heterocycles. The van der Waals surface area contributed by atoms with Crippen LogP contribution in [0.5, 0.6) is 0 Å². The summed E-state index contributed by atoms with van der Waals surface area (Å²) < 4.78 is 25.6. The molecule has 4 nitrogen and oxygen atoms in total. The van der Waals surface area contributed by atoms with E-state index in [-0.39, 0.29) is 22.3 Å². The Morgan fingerprint density at radius 1 is 1.33 bits per heavy atom. The maximum atomic E-state index is 12.2. The molecule has 104 valence electrons. The lowest BCUT2D eigenvalue weighted by atomic mass is 10.4. The van der Waals surface area contributed by atoms with E-state index in [0.29, 0.717) is 18.1 Å². The van der Waals surface area contributed by atoms with Crippen molar-refractivity contribution in [3.05, 3.63) is 28.2 Å². The standard InChI is InChI=1S/C10H14Cl2N2O2S.ClH/c1-13-5-6-14(2)17(15,16)10-7-8(11)3-4-9(10)12;/h3-4,7,13H,5-6H2,1-2H3;1H. The summed E-state index contributed by atoms with van der Waals surface area (Å²) in [7, 11) is -0.327. The van der Waals surface area contributed by atoms with Gasteiger partial charge in [0, 0.05) is 25.2 Å². The largest absolute Gasteiger partial charge is 0.318 e. The number of rotatable bonds is 5. The molecule has 0 atom stereocenters. The van der Waals surface area contributed by atoms with E-state index >= 15 is 0 Å². The van der Waals surface area contributed by atoms with E-state index in [1.165, 1.54) is 23.5 Å². The van der Waals surface area contributed by atoms with E-state index in [1.54, 1.807) is 13.1 Å². The number of sulfonamides is 1. The Bertz CT molecular complexity index is 494. The summed E-state index contributed by atoms with van der Waals surface area (Å²) in [5.41, 5.74) is 0. The van der Waals surface area contributed by atoms with Gasteiger partial charge in [0.25, 0.3) is 0 Å². The van der Waals surface area contributed by atoms with Crippen molar-refractivity contribution in [2.45, 2.75) is 4.90 Å². The van der Waals surface area contributed by atoms with Crippen LogP contribution in [0.15, 0.2) is 23.1 Å². The summed E-state index contributed by atoms with van der Waals surface area (Å²) in [5.74, 6) is 0. The van der Waals surface area contributed by atoms with Gasteiger partial charge < -0.3 is 5.32 Å². The third-order valence-electron chi connectivity index (χ3n) is 2.26. The average molecular weight is 334 g/mol. The molecule has 0 fully saturated rings. The molecular formula is C10H15Cl3N2O2S. The van der Waals surface area contributed by atoms with E-state index in [4.69, 9.17) is 23.2 Å². The molecule has 18 heavy (non-hydrogen) atoms. The van der Waals surface area contributed by atoms with Gasteiger partial charge in [-0.25, -0.2) is 8.42 Å². The topological polar surface area (TPSA) is 49.4 Å². The predicted molar refractivity (Wildman–Crippen MR) is 77.5 cm³/mol. The van der Waals surface area contributed by atoms with Gasteiger partial charge in [-0.15, -0.1) is 12.4 Å². The van der Waals surface area contributed by atoms with Crippen molar-refractivity contribution in [2.24, 2.45) is 0 Å². The van der Waals surface area contributed by atoms with Gasteiger partial charge in [0.05, 0.1) is 5.02 Å². The van der Waals surface area contributed by atoms with Crippen molar-refractivity contribution in [3.8, 4) is 0 Å². The van der Waals surface area contributed by atoms with Crippen molar-refractivity contribution in [1.29, 1.82) is 0 Å². The molecule has 0 aliphatic rings. The van der Waals surface area contributed by atoms with Gasteiger partial charge in [-0.1, -0.05) is 23.2 Å². The molecule has 0 amide bonds. The number of halogens is 3. The number of benzene rings is 1. The third kappa shape index (κ3) is 4.26. The summed E-state index contributed by atoms with van der Waals surface area (Å²) in [6.45, 7) is 0.926. The SMILES string of the molecule is CNCCN(C)S(=O)(=O)c1cc(Cl)ccc1Cl.Cl. The minimum Gasteiger partial charge on any atom is -0.318 e. The highest BCUT2D eigenvalue weighted by atomic mass is 35.5. The van der Waals surface area contributed by atoms with Crippen LogP contribution in [0.4, 0.5) is 0 Å². The monoisotopic (exact) mass is 332 g/mol. The van der Waals surface area contributed by atoms with E-state index < -0.39 is 10.0 Å². The lowest BCUT2D eigenvalue weighted by Crippen LogP contribution is -2.33. The summed E-state index contributed by atoms with van der Waals surface area (Å²) in [6, 6.07) is 4.38. The first kappa shape index (κ1) is 18.0. The molecule has 0 unspecified atom stereocenters. The fourth-order valence-corrected chi connectivity index (χ4v) is 3.14. The Labute approximate surface area is 124 Å². The van der Waals surface area contributed by atoms with Gasteiger partial charge in [-0.2, -0.15) is 4.31 Å². The molecule has 8 heteroatoms. The van der Waals surface area contributed by atoms with Crippen LogP contribution in [0.1, 0.15) is 0 Å². The molecule has 0 saturated carbocycles. The smallest absolute Gasteiger partial charge is 0.244 e. The molecule has 1 aromatic rings. The van der Waals surface area contributed by atoms with Crippen LogP contribution in [-0.2, 0) is 10.0 Å². The van der Waals surface area contributed by atoms with Crippen molar-refractivity contribution in [1.82, 2.24) is 9.62 Å². The fourth-order valence-electron chi connectivity index (χ4n) is 1.23. The van der Waals surface area contributed by atoms with Crippen LogP contribution in [-0.4, -0.2) is 39.9 Å². The van der Waals surface area contributed by atoms with E-state index in [0.717, 1.165) is 0 Å². The molecule has 1 N–H and O–H groups in total. The van der Waals surface area contributed by atoms with Crippen LogP contribution in [0.3, 0.4) is 0 Å². The summed E-state index contributed by atoms with van der Waals surface area (Å²) in [4.78, 5) is 0.0327. The van der Waals surface area contributed by atoms with Gasteiger partial charge in [0.1, 0.15) is 4.90 Å². The van der Waals surface area contributed by atoms with Gasteiger partial charge in [-0.3, -0.25) is 0 Å². The summed E-state index contributed by atoms with van der Waals surface area (Å²) in [6.07, 6.45) is 0. The first-order valence-electron chi connectivity index (χ1n) is 4.95. The quantitative estimate of drug-likeness (QED) is 0.899. The zero-order chi connectivity index (χ0) is 13.1. The highest BCUT2D eigenvalue weighted by Gasteiger charge is 2.23. The van der Waals surface area contributed by atoms with Crippen molar-refractivity contribution in [2.75, 3.05) is 27.2 Å². The van der Waals surface area contributed by atoms with E-state index in [9.17, 15) is 8.42 Å². The molecule has 0 aliphatic carbocycles. The fraction of sp³-hybridized carbons (Fsp3) is 0.400. The second-order valence-corrected chi connectivity index (χ2v) is 6.36. The first-order chi connectivity index (χ1) is 7.89. The third-order valence-corrected chi connectivity index (χ3v) is 4.83. The van der Waals surface area contributed by atoms with Crippen LogP contribution in [0.2, 0.25) is 10.0 Å². The molecular weight excluding hydrogens is 319 g/mol. The van der Waals surface area contributed by atoms with Gasteiger partial charge >= 0.3 is 0 Å². The van der Waals surface area contributed by atoms with Gasteiger partial charge in [0.2, 0.25) is 10.0 Å². The second kappa shape index (κ2) is 7.53. The second-order valence-electron chi connectivity index (χ2n) is 3.50. The normalized spacial score (nSPS) is 11.4. The lowest BCUT2D eigenvalue weighted by molar-refractivity contribution is 0.466. The Morgan fingerprint density at radius 3 is 2.50 bits per heavy atom. The Balaban J connectivity index is 0.00000289. The molecule has 1 rings (SSSR count). The minimum atomic E-state index is -3.59. The molecule has 0 saturated heterocycles. The summed E-state index contributed by atoms with van der Waals surface area (Å²) >= 11 is 11.7. The maximum absolute atomic E-state index is 12.2. The molecule has 0 aliphatic heterocycles. The van der Waals surface area contributed by atoms with Crippen LogP contribution < -0.4 is 5.32 Å².